The molecule has 0 spiro atoms. The summed E-state index contributed by atoms with van der Waals surface area (Å²) in [7, 11) is 0. The molecule has 0 atom stereocenters. The molecular weight excluding hydrogens is 308 g/mol. The maximum atomic E-state index is 6.09. The number of hydrogen-bond donors (Lipinski definition) is 1. The Bertz CT molecular complexity index is 1090. The molecule has 4 rings (SSSR count). The summed E-state index contributed by atoms with van der Waals surface area (Å²) in [5.41, 5.74) is 14.2. The van der Waals surface area contributed by atoms with Crippen LogP contribution in [0.4, 0.5) is 5.69 Å². The minimum absolute atomic E-state index is 0.538. The number of benzene rings is 2. The van der Waals surface area contributed by atoms with Crippen molar-refractivity contribution in [2.75, 3.05) is 5.73 Å². The SMILES string of the molecule is Cc1ccccc1-c1nc2cncc(N)c2nc1-c1ccccc1C. The molecule has 2 aromatic heterocycles. The lowest BCUT2D eigenvalue weighted by Crippen LogP contribution is -2.00. The third-order valence-electron chi connectivity index (χ3n) is 4.41. The molecule has 0 aliphatic rings. The highest BCUT2D eigenvalue weighted by Crippen LogP contribution is 2.34. The van der Waals surface area contributed by atoms with Crippen LogP contribution in [0.5, 0.6) is 0 Å². The van der Waals surface area contributed by atoms with Gasteiger partial charge in [-0.3, -0.25) is 4.98 Å². The summed E-state index contributed by atoms with van der Waals surface area (Å²) in [6.45, 7) is 4.17. The van der Waals surface area contributed by atoms with Gasteiger partial charge in [-0.15, -0.1) is 0 Å². The molecule has 0 fully saturated rings. The molecule has 2 heterocycles. The number of nitrogens with two attached hydrogens (primary N) is 1. The quantitative estimate of drug-likeness (QED) is 0.586. The first-order valence-electron chi connectivity index (χ1n) is 8.18. The lowest BCUT2D eigenvalue weighted by Gasteiger charge is -2.14. The van der Waals surface area contributed by atoms with Crippen molar-refractivity contribution < 1.29 is 0 Å². The van der Waals surface area contributed by atoms with E-state index in [0.29, 0.717) is 16.7 Å². The predicted octanol–water partition coefficient (Wildman–Crippen LogP) is 4.56. The van der Waals surface area contributed by atoms with Gasteiger partial charge in [0.15, 0.2) is 0 Å². The van der Waals surface area contributed by atoms with E-state index in [1.54, 1.807) is 12.4 Å². The first kappa shape index (κ1) is 15.3. The molecule has 0 radical (unpaired) electrons. The minimum Gasteiger partial charge on any atom is -0.396 e. The van der Waals surface area contributed by atoms with Crippen LogP contribution in [0, 0.1) is 13.8 Å². The molecule has 4 nitrogen and oxygen atoms in total. The van der Waals surface area contributed by atoms with Crippen molar-refractivity contribution in [1.29, 1.82) is 0 Å². The molecule has 0 amide bonds. The summed E-state index contributed by atoms with van der Waals surface area (Å²) in [6.07, 6.45) is 3.33. The molecule has 4 aromatic rings. The second kappa shape index (κ2) is 5.98. The third-order valence-corrected chi connectivity index (χ3v) is 4.41. The zero-order chi connectivity index (χ0) is 17.4. The average Bonchev–Trinajstić information content (AvgIpc) is 2.62. The largest absolute Gasteiger partial charge is 0.396 e. The van der Waals surface area contributed by atoms with Gasteiger partial charge < -0.3 is 5.73 Å². The van der Waals surface area contributed by atoms with Gasteiger partial charge in [-0.2, -0.15) is 0 Å². The summed E-state index contributed by atoms with van der Waals surface area (Å²) < 4.78 is 0. The van der Waals surface area contributed by atoms with Gasteiger partial charge in [0, 0.05) is 11.1 Å². The van der Waals surface area contributed by atoms with E-state index in [9.17, 15) is 0 Å². The number of aryl methyl sites for hydroxylation is 2. The van der Waals surface area contributed by atoms with Crippen molar-refractivity contribution in [3.8, 4) is 22.5 Å². The van der Waals surface area contributed by atoms with Gasteiger partial charge in [0.25, 0.3) is 0 Å². The van der Waals surface area contributed by atoms with Crippen LogP contribution in [0.1, 0.15) is 11.1 Å². The fourth-order valence-electron chi connectivity index (χ4n) is 3.05. The highest BCUT2D eigenvalue weighted by Gasteiger charge is 2.17. The van der Waals surface area contributed by atoms with E-state index in [1.165, 1.54) is 0 Å². The Morgan fingerprint density at radius 3 is 1.88 bits per heavy atom. The van der Waals surface area contributed by atoms with Crippen molar-refractivity contribution >= 4 is 16.7 Å². The molecule has 0 saturated carbocycles. The number of anilines is 1. The van der Waals surface area contributed by atoms with Crippen molar-refractivity contribution in [3.63, 3.8) is 0 Å². The number of fused-ring (bicyclic) bond motifs is 1. The van der Waals surface area contributed by atoms with E-state index in [0.717, 1.165) is 33.6 Å². The highest BCUT2D eigenvalue weighted by molar-refractivity contribution is 5.92. The Balaban J connectivity index is 2.12. The summed E-state index contributed by atoms with van der Waals surface area (Å²) in [5.74, 6) is 0. The van der Waals surface area contributed by atoms with Crippen molar-refractivity contribution in [1.82, 2.24) is 15.0 Å². The monoisotopic (exact) mass is 326 g/mol. The molecule has 0 bridgehead atoms. The molecule has 0 saturated heterocycles. The van der Waals surface area contributed by atoms with Gasteiger partial charge in [0.1, 0.15) is 11.0 Å². The van der Waals surface area contributed by atoms with Gasteiger partial charge in [0.05, 0.1) is 29.5 Å². The Morgan fingerprint density at radius 2 is 1.28 bits per heavy atom. The van der Waals surface area contributed by atoms with Gasteiger partial charge in [0.2, 0.25) is 0 Å². The van der Waals surface area contributed by atoms with Crippen LogP contribution in [0.15, 0.2) is 60.9 Å². The van der Waals surface area contributed by atoms with Crippen molar-refractivity contribution in [2.45, 2.75) is 13.8 Å². The minimum atomic E-state index is 0.538. The van der Waals surface area contributed by atoms with Crippen LogP contribution in [0.25, 0.3) is 33.5 Å². The lowest BCUT2D eigenvalue weighted by molar-refractivity contribution is 1.24. The fraction of sp³-hybridized carbons (Fsp3) is 0.0952. The molecule has 0 unspecified atom stereocenters. The van der Waals surface area contributed by atoms with Gasteiger partial charge >= 0.3 is 0 Å². The molecule has 0 aliphatic carbocycles. The molecule has 25 heavy (non-hydrogen) atoms. The standard InChI is InChI=1S/C21H18N4/c1-13-7-3-5-9-15(13)19-20(16-10-6-4-8-14(16)2)25-21-17(22)11-23-12-18(21)24-19/h3-12H,22H2,1-2H3. The van der Waals surface area contributed by atoms with E-state index in [1.807, 2.05) is 24.3 Å². The normalized spacial score (nSPS) is 11.0. The Morgan fingerprint density at radius 1 is 0.720 bits per heavy atom. The summed E-state index contributed by atoms with van der Waals surface area (Å²) in [4.78, 5) is 13.9. The molecule has 2 N–H and O–H groups in total. The second-order valence-corrected chi connectivity index (χ2v) is 6.15. The van der Waals surface area contributed by atoms with Crippen LogP contribution in [0.2, 0.25) is 0 Å². The Labute approximate surface area is 146 Å². The van der Waals surface area contributed by atoms with E-state index in [2.05, 4.69) is 43.1 Å². The summed E-state index contributed by atoms with van der Waals surface area (Å²) in [6, 6.07) is 16.4. The number of hydrogen-bond acceptors (Lipinski definition) is 4. The molecule has 0 aliphatic heterocycles. The summed E-state index contributed by atoms with van der Waals surface area (Å²) in [5, 5.41) is 0. The zero-order valence-corrected chi connectivity index (χ0v) is 14.2. The predicted molar refractivity (Wildman–Crippen MR) is 102 cm³/mol. The molecule has 2 aromatic carbocycles. The average molecular weight is 326 g/mol. The number of pyridine rings is 1. The van der Waals surface area contributed by atoms with E-state index < -0.39 is 0 Å². The number of rotatable bonds is 2. The number of nitrogens with zero attached hydrogens (tertiary/aromatic N) is 3. The summed E-state index contributed by atoms with van der Waals surface area (Å²) >= 11 is 0. The zero-order valence-electron chi connectivity index (χ0n) is 14.2. The van der Waals surface area contributed by atoms with Crippen LogP contribution in [0.3, 0.4) is 0 Å². The lowest BCUT2D eigenvalue weighted by atomic mass is 9.97. The van der Waals surface area contributed by atoms with E-state index >= 15 is 0 Å². The van der Waals surface area contributed by atoms with Gasteiger partial charge in [-0.25, -0.2) is 9.97 Å². The van der Waals surface area contributed by atoms with E-state index in [-0.39, 0.29) is 0 Å². The Hall–Kier alpha value is -3.27. The van der Waals surface area contributed by atoms with Crippen LogP contribution in [-0.2, 0) is 0 Å². The van der Waals surface area contributed by atoms with Crippen molar-refractivity contribution in [3.05, 3.63) is 72.1 Å². The second-order valence-electron chi connectivity index (χ2n) is 6.15. The smallest absolute Gasteiger partial charge is 0.116 e. The van der Waals surface area contributed by atoms with Gasteiger partial charge in [-0.1, -0.05) is 48.5 Å². The Kier molecular flexibility index (Phi) is 3.65. The van der Waals surface area contributed by atoms with Crippen LogP contribution >= 0.6 is 0 Å². The van der Waals surface area contributed by atoms with Gasteiger partial charge in [-0.05, 0) is 25.0 Å². The van der Waals surface area contributed by atoms with Crippen LogP contribution in [-0.4, -0.2) is 15.0 Å². The first-order valence-corrected chi connectivity index (χ1v) is 8.18. The number of aromatic nitrogens is 3. The number of nitrogen functional groups attached to an aromatic ring is 1. The first-order chi connectivity index (χ1) is 12.1. The molecule has 4 heteroatoms. The highest BCUT2D eigenvalue weighted by atomic mass is 14.9. The third kappa shape index (κ3) is 2.62. The van der Waals surface area contributed by atoms with Crippen molar-refractivity contribution in [2.24, 2.45) is 0 Å². The maximum absolute atomic E-state index is 6.09. The molecule has 122 valence electrons. The fourth-order valence-corrected chi connectivity index (χ4v) is 3.05. The van der Waals surface area contributed by atoms with Crippen LogP contribution < -0.4 is 5.73 Å². The topological polar surface area (TPSA) is 64.7 Å². The molecular formula is C21H18N4. The maximum Gasteiger partial charge on any atom is 0.116 e. The van der Waals surface area contributed by atoms with E-state index in [4.69, 9.17) is 15.7 Å².